The predicted molar refractivity (Wildman–Crippen MR) is 98.8 cm³/mol. The van der Waals surface area contributed by atoms with Crippen molar-refractivity contribution in [2.75, 3.05) is 0 Å². The molecule has 0 N–H and O–H groups in total. The summed E-state index contributed by atoms with van der Waals surface area (Å²) in [4.78, 5) is 0. The van der Waals surface area contributed by atoms with E-state index in [1.807, 2.05) is 30.3 Å². The summed E-state index contributed by atoms with van der Waals surface area (Å²) >= 11 is 1.55. The van der Waals surface area contributed by atoms with Gasteiger partial charge in [0.05, 0.1) is 5.75 Å². The first-order valence-corrected chi connectivity index (χ1v) is 9.62. The van der Waals surface area contributed by atoms with Crippen molar-refractivity contribution in [1.82, 2.24) is 25.0 Å². The molecule has 0 aliphatic heterocycles. The topological polar surface area (TPSA) is 78.9 Å². The first-order chi connectivity index (χ1) is 12.6. The maximum Gasteiger partial charge on any atom is 0.226 e. The van der Waals surface area contributed by atoms with Crippen LogP contribution in [0.25, 0.3) is 0 Å². The van der Waals surface area contributed by atoms with Gasteiger partial charge in [0, 0.05) is 13.5 Å². The molecule has 3 aromatic rings. The zero-order valence-corrected chi connectivity index (χ0v) is 16.1. The SMILES string of the molecule is Cc1nnc(CSc2nnc(COc3ccccc3)n2CCC(C)C)o1. The lowest BCUT2D eigenvalue weighted by Crippen LogP contribution is -2.10. The van der Waals surface area contributed by atoms with Gasteiger partial charge >= 0.3 is 0 Å². The number of ether oxygens (including phenoxy) is 1. The van der Waals surface area contributed by atoms with Gasteiger partial charge in [0.15, 0.2) is 11.0 Å². The second-order valence-electron chi connectivity index (χ2n) is 6.34. The summed E-state index contributed by atoms with van der Waals surface area (Å²) < 4.78 is 13.4. The van der Waals surface area contributed by atoms with Crippen LogP contribution < -0.4 is 4.74 Å². The maximum atomic E-state index is 5.85. The molecule has 7 nitrogen and oxygen atoms in total. The van der Waals surface area contributed by atoms with E-state index in [-0.39, 0.29) is 0 Å². The van der Waals surface area contributed by atoms with Crippen molar-refractivity contribution in [2.24, 2.45) is 5.92 Å². The van der Waals surface area contributed by atoms with Crippen molar-refractivity contribution in [3.8, 4) is 5.75 Å². The molecule has 0 amide bonds. The Balaban J connectivity index is 1.69. The zero-order chi connectivity index (χ0) is 18.4. The highest BCUT2D eigenvalue weighted by Gasteiger charge is 2.15. The van der Waals surface area contributed by atoms with E-state index in [1.54, 1.807) is 18.7 Å². The van der Waals surface area contributed by atoms with Crippen molar-refractivity contribution in [3.05, 3.63) is 47.9 Å². The number of para-hydroxylation sites is 1. The molecular formula is C18H23N5O2S. The van der Waals surface area contributed by atoms with Crippen LogP contribution in [0.2, 0.25) is 0 Å². The van der Waals surface area contributed by atoms with Gasteiger partial charge < -0.3 is 13.7 Å². The molecule has 138 valence electrons. The largest absolute Gasteiger partial charge is 0.486 e. The highest BCUT2D eigenvalue weighted by molar-refractivity contribution is 7.98. The smallest absolute Gasteiger partial charge is 0.226 e. The lowest BCUT2D eigenvalue weighted by Gasteiger charge is -2.12. The van der Waals surface area contributed by atoms with Crippen molar-refractivity contribution in [3.63, 3.8) is 0 Å². The molecule has 3 rings (SSSR count). The summed E-state index contributed by atoms with van der Waals surface area (Å²) in [6.45, 7) is 7.43. The summed E-state index contributed by atoms with van der Waals surface area (Å²) in [7, 11) is 0. The first kappa shape index (κ1) is 18.4. The molecule has 0 bridgehead atoms. The van der Waals surface area contributed by atoms with Crippen LogP contribution in [0.3, 0.4) is 0 Å². The van der Waals surface area contributed by atoms with E-state index in [1.165, 1.54) is 0 Å². The Morgan fingerprint density at radius 1 is 1.12 bits per heavy atom. The normalized spacial score (nSPS) is 11.2. The molecule has 26 heavy (non-hydrogen) atoms. The predicted octanol–water partition coefficient (Wildman–Crippen LogP) is 3.89. The van der Waals surface area contributed by atoms with Crippen LogP contribution in [0.15, 0.2) is 39.9 Å². The third kappa shape index (κ3) is 5.08. The fourth-order valence-corrected chi connectivity index (χ4v) is 3.15. The van der Waals surface area contributed by atoms with Crippen molar-refractivity contribution in [2.45, 2.75) is 51.3 Å². The molecular weight excluding hydrogens is 350 g/mol. The summed E-state index contributed by atoms with van der Waals surface area (Å²) in [5, 5.41) is 17.4. The van der Waals surface area contributed by atoms with Gasteiger partial charge in [-0.25, -0.2) is 0 Å². The Kier molecular flexibility index (Phi) is 6.27. The summed E-state index contributed by atoms with van der Waals surface area (Å²) in [6, 6.07) is 9.73. The number of aryl methyl sites for hydroxylation is 1. The second kappa shape index (κ2) is 8.84. The molecule has 0 radical (unpaired) electrons. The Morgan fingerprint density at radius 3 is 2.62 bits per heavy atom. The zero-order valence-electron chi connectivity index (χ0n) is 15.3. The molecule has 0 atom stereocenters. The quantitative estimate of drug-likeness (QED) is 0.527. The number of hydrogen-bond acceptors (Lipinski definition) is 7. The minimum absolute atomic E-state index is 0.384. The van der Waals surface area contributed by atoms with E-state index in [4.69, 9.17) is 9.15 Å². The number of hydrogen-bond donors (Lipinski definition) is 0. The Morgan fingerprint density at radius 2 is 1.92 bits per heavy atom. The molecule has 2 aromatic heterocycles. The van der Waals surface area contributed by atoms with Crippen molar-refractivity contribution < 1.29 is 9.15 Å². The molecule has 0 unspecified atom stereocenters. The number of nitrogens with zero attached hydrogens (tertiary/aromatic N) is 5. The van der Waals surface area contributed by atoms with E-state index < -0.39 is 0 Å². The highest BCUT2D eigenvalue weighted by atomic mass is 32.2. The average molecular weight is 373 g/mol. The van der Waals surface area contributed by atoms with Crippen LogP contribution >= 0.6 is 11.8 Å². The highest BCUT2D eigenvalue weighted by Crippen LogP contribution is 2.23. The summed E-state index contributed by atoms with van der Waals surface area (Å²) in [5.74, 6) is 3.96. The molecule has 0 saturated heterocycles. The number of rotatable bonds is 9. The van der Waals surface area contributed by atoms with Crippen LogP contribution in [0, 0.1) is 12.8 Å². The van der Waals surface area contributed by atoms with Gasteiger partial charge in [-0.05, 0) is 24.5 Å². The molecule has 0 aliphatic rings. The van der Waals surface area contributed by atoms with E-state index in [0.717, 1.165) is 29.7 Å². The van der Waals surface area contributed by atoms with E-state index in [0.29, 0.717) is 30.1 Å². The van der Waals surface area contributed by atoms with E-state index in [9.17, 15) is 0 Å². The van der Waals surface area contributed by atoms with Crippen LogP contribution in [-0.4, -0.2) is 25.0 Å². The number of benzene rings is 1. The van der Waals surface area contributed by atoms with Gasteiger partial charge in [-0.2, -0.15) is 0 Å². The molecule has 8 heteroatoms. The van der Waals surface area contributed by atoms with Gasteiger partial charge in [0.1, 0.15) is 12.4 Å². The lowest BCUT2D eigenvalue weighted by molar-refractivity contribution is 0.285. The molecule has 2 heterocycles. The Hall–Kier alpha value is -2.35. The first-order valence-electron chi connectivity index (χ1n) is 8.63. The number of aromatic nitrogens is 5. The molecule has 1 aromatic carbocycles. The van der Waals surface area contributed by atoms with Crippen molar-refractivity contribution >= 4 is 11.8 Å². The molecule has 0 aliphatic carbocycles. The fraction of sp³-hybridized carbons (Fsp3) is 0.444. The average Bonchev–Trinajstić information content (AvgIpc) is 3.23. The Labute approximate surface area is 157 Å². The van der Waals surface area contributed by atoms with Gasteiger partial charge in [0.25, 0.3) is 0 Å². The molecule has 0 fully saturated rings. The maximum absolute atomic E-state index is 5.85. The van der Waals surface area contributed by atoms with Crippen LogP contribution in [0.4, 0.5) is 0 Å². The number of thioether (sulfide) groups is 1. The van der Waals surface area contributed by atoms with Gasteiger partial charge in [0.2, 0.25) is 11.8 Å². The summed E-state index contributed by atoms with van der Waals surface area (Å²) in [5.41, 5.74) is 0. The van der Waals surface area contributed by atoms with Crippen LogP contribution in [-0.2, 0) is 18.9 Å². The van der Waals surface area contributed by atoms with Crippen LogP contribution in [0.1, 0.15) is 37.9 Å². The summed E-state index contributed by atoms with van der Waals surface area (Å²) in [6.07, 6.45) is 1.05. The third-order valence-electron chi connectivity index (χ3n) is 3.73. The monoisotopic (exact) mass is 373 g/mol. The standard InChI is InChI=1S/C18H23N5O2S/c1-13(2)9-10-23-16(11-24-15-7-5-4-6-8-15)20-22-18(23)26-12-17-21-19-14(3)25-17/h4-8,13H,9-12H2,1-3H3. The minimum Gasteiger partial charge on any atom is -0.486 e. The molecule has 0 spiro atoms. The fourth-order valence-electron chi connectivity index (χ4n) is 2.33. The van der Waals surface area contributed by atoms with Gasteiger partial charge in [-0.1, -0.05) is 43.8 Å². The second-order valence-corrected chi connectivity index (χ2v) is 7.28. The van der Waals surface area contributed by atoms with E-state index in [2.05, 4.69) is 38.8 Å². The Bertz CT molecular complexity index is 816. The van der Waals surface area contributed by atoms with Crippen molar-refractivity contribution in [1.29, 1.82) is 0 Å². The molecule has 0 saturated carbocycles. The third-order valence-corrected chi connectivity index (χ3v) is 4.68. The lowest BCUT2D eigenvalue weighted by atomic mass is 10.1. The minimum atomic E-state index is 0.384. The van der Waals surface area contributed by atoms with Gasteiger partial charge in [-0.3, -0.25) is 0 Å². The van der Waals surface area contributed by atoms with Crippen LogP contribution in [0.5, 0.6) is 5.75 Å². The van der Waals surface area contributed by atoms with Gasteiger partial charge in [-0.15, -0.1) is 20.4 Å². The van der Waals surface area contributed by atoms with E-state index >= 15 is 0 Å².